The molecule has 28 heavy (non-hydrogen) atoms. The van der Waals surface area contributed by atoms with E-state index in [-0.39, 0.29) is 17.9 Å². The maximum atomic E-state index is 12.4. The Kier molecular flexibility index (Phi) is 6.47. The van der Waals surface area contributed by atoms with E-state index >= 15 is 0 Å². The predicted molar refractivity (Wildman–Crippen MR) is 112 cm³/mol. The van der Waals surface area contributed by atoms with E-state index in [1.54, 1.807) is 0 Å². The highest BCUT2D eigenvalue weighted by Gasteiger charge is 2.28. The van der Waals surface area contributed by atoms with Crippen LogP contribution in [0.5, 0.6) is 0 Å². The van der Waals surface area contributed by atoms with Crippen LogP contribution in [0.1, 0.15) is 41.5 Å². The molecule has 1 unspecified atom stereocenters. The Bertz CT molecular complexity index is 863. The summed E-state index contributed by atoms with van der Waals surface area (Å²) >= 11 is 0. The lowest BCUT2D eigenvalue weighted by Gasteiger charge is -2.22. The fourth-order valence-corrected chi connectivity index (χ4v) is 3.92. The van der Waals surface area contributed by atoms with Crippen molar-refractivity contribution in [1.29, 1.82) is 0 Å². The molecule has 1 aliphatic heterocycles. The van der Waals surface area contributed by atoms with Gasteiger partial charge in [0.1, 0.15) is 0 Å². The van der Waals surface area contributed by atoms with Gasteiger partial charge in [0.05, 0.1) is 6.04 Å². The lowest BCUT2D eigenvalue weighted by atomic mass is 10.0. The van der Waals surface area contributed by atoms with Gasteiger partial charge >= 0.3 is 0 Å². The molecule has 0 aliphatic carbocycles. The molecule has 0 bridgehead atoms. The molecule has 1 fully saturated rings. The fraction of sp³-hybridized carbons (Fsp3) is 0.391. The number of aryl methyl sites for hydroxylation is 3. The zero-order valence-corrected chi connectivity index (χ0v) is 16.7. The number of hydrogen-bond acceptors (Lipinski definition) is 3. The number of rotatable bonds is 7. The summed E-state index contributed by atoms with van der Waals surface area (Å²) in [5, 5.41) is 2.99. The van der Waals surface area contributed by atoms with E-state index in [1.165, 1.54) is 16.7 Å². The van der Waals surface area contributed by atoms with Crippen molar-refractivity contribution in [2.24, 2.45) is 5.73 Å². The van der Waals surface area contributed by atoms with Crippen molar-refractivity contribution >= 4 is 17.5 Å². The predicted octanol–water partition coefficient (Wildman–Crippen LogP) is 3.32. The third-order valence-electron chi connectivity index (χ3n) is 5.41. The molecular weight excluding hydrogens is 350 g/mol. The number of carbonyl (C=O) groups excluding carboxylic acids is 2. The lowest BCUT2D eigenvalue weighted by molar-refractivity contribution is -0.122. The Morgan fingerprint density at radius 2 is 2.00 bits per heavy atom. The minimum absolute atomic E-state index is 0.00769. The highest BCUT2D eigenvalue weighted by atomic mass is 16.2. The molecule has 0 saturated carbocycles. The number of nitrogens with two attached hydrogens (primary N) is 1. The van der Waals surface area contributed by atoms with Crippen molar-refractivity contribution in [3.05, 3.63) is 64.7 Å². The minimum Gasteiger partial charge on any atom is -0.368 e. The van der Waals surface area contributed by atoms with E-state index in [2.05, 4.69) is 42.3 Å². The molecule has 2 aromatic carbocycles. The lowest BCUT2D eigenvalue weighted by Crippen LogP contribution is -2.39. The first kappa shape index (κ1) is 20.1. The monoisotopic (exact) mass is 379 g/mol. The summed E-state index contributed by atoms with van der Waals surface area (Å²) in [7, 11) is 0. The summed E-state index contributed by atoms with van der Waals surface area (Å²) < 4.78 is 0. The van der Waals surface area contributed by atoms with Crippen molar-refractivity contribution < 1.29 is 9.59 Å². The van der Waals surface area contributed by atoms with E-state index in [0.29, 0.717) is 13.0 Å². The van der Waals surface area contributed by atoms with Crippen LogP contribution < -0.4 is 11.1 Å². The van der Waals surface area contributed by atoms with Gasteiger partial charge in [-0.1, -0.05) is 35.9 Å². The number of nitrogens with zero attached hydrogens (tertiary/aromatic N) is 1. The van der Waals surface area contributed by atoms with Crippen molar-refractivity contribution in [2.75, 3.05) is 11.9 Å². The van der Waals surface area contributed by atoms with Crippen LogP contribution in [0.15, 0.2) is 42.5 Å². The Morgan fingerprint density at radius 1 is 1.18 bits per heavy atom. The zero-order valence-electron chi connectivity index (χ0n) is 16.7. The number of primary amides is 1. The van der Waals surface area contributed by atoms with Gasteiger partial charge in [0.15, 0.2) is 0 Å². The van der Waals surface area contributed by atoms with E-state index < -0.39 is 0 Å². The number of benzene rings is 2. The Balaban J connectivity index is 1.56. The van der Waals surface area contributed by atoms with Gasteiger partial charge in [0.2, 0.25) is 11.8 Å². The third-order valence-corrected chi connectivity index (χ3v) is 5.41. The molecule has 1 aliphatic rings. The molecule has 2 aromatic rings. The number of nitrogens with one attached hydrogen (secondary N) is 1. The first-order valence-electron chi connectivity index (χ1n) is 9.90. The van der Waals surface area contributed by atoms with Crippen LogP contribution in [-0.4, -0.2) is 29.3 Å². The molecule has 3 N–H and O–H groups in total. The van der Waals surface area contributed by atoms with E-state index in [1.807, 2.05) is 24.3 Å². The van der Waals surface area contributed by atoms with Crippen LogP contribution in [0.2, 0.25) is 0 Å². The average molecular weight is 380 g/mol. The second kappa shape index (κ2) is 9.02. The maximum absolute atomic E-state index is 12.4. The smallest absolute Gasteiger partial charge is 0.234 e. The molecule has 1 saturated heterocycles. The van der Waals surface area contributed by atoms with Crippen LogP contribution in [0, 0.1) is 13.8 Å². The second-order valence-corrected chi connectivity index (χ2v) is 7.71. The van der Waals surface area contributed by atoms with Crippen LogP contribution >= 0.6 is 0 Å². The number of hydrogen-bond donors (Lipinski definition) is 2. The molecular formula is C23H29N3O2. The molecule has 5 nitrogen and oxygen atoms in total. The zero-order chi connectivity index (χ0) is 20.1. The normalized spacial score (nSPS) is 16.9. The number of likely N-dealkylation sites (tertiary alicyclic amines) is 1. The SMILES string of the molecule is Cc1ccc(CCC(=O)Nc2cccc(CN3CCCC3C(N)=O)c2)c(C)c1. The Hall–Kier alpha value is -2.66. The average Bonchev–Trinajstić information content (AvgIpc) is 3.09. The fourth-order valence-electron chi connectivity index (χ4n) is 3.92. The van der Waals surface area contributed by atoms with Crippen molar-refractivity contribution in [3.63, 3.8) is 0 Å². The molecule has 2 amide bonds. The van der Waals surface area contributed by atoms with Crippen LogP contribution in [0.4, 0.5) is 5.69 Å². The molecule has 148 valence electrons. The molecule has 0 radical (unpaired) electrons. The summed E-state index contributed by atoms with van der Waals surface area (Å²) in [6.07, 6.45) is 2.99. The Morgan fingerprint density at radius 3 is 2.75 bits per heavy atom. The van der Waals surface area contributed by atoms with Crippen LogP contribution in [0.3, 0.4) is 0 Å². The summed E-state index contributed by atoms with van der Waals surface area (Å²) in [6.45, 7) is 5.70. The Labute approximate surface area is 166 Å². The summed E-state index contributed by atoms with van der Waals surface area (Å²) in [5.41, 5.74) is 11.0. The van der Waals surface area contributed by atoms with Gasteiger partial charge in [-0.3, -0.25) is 14.5 Å². The molecule has 1 atom stereocenters. The standard InChI is InChI=1S/C23H29N3O2/c1-16-8-9-19(17(2)13-16)10-11-22(27)25-20-6-3-5-18(14-20)15-26-12-4-7-21(26)23(24)28/h3,5-6,8-9,13-14,21H,4,7,10-12,15H2,1-2H3,(H2,24,28)(H,25,27). The van der Waals surface area contributed by atoms with Gasteiger partial charge in [0, 0.05) is 18.7 Å². The van der Waals surface area contributed by atoms with Gasteiger partial charge in [-0.15, -0.1) is 0 Å². The molecule has 0 aromatic heterocycles. The van der Waals surface area contributed by atoms with Crippen molar-refractivity contribution in [3.8, 4) is 0 Å². The van der Waals surface area contributed by atoms with Crippen molar-refractivity contribution in [2.45, 2.75) is 52.1 Å². The summed E-state index contributed by atoms with van der Waals surface area (Å²) in [5.74, 6) is -0.248. The molecule has 1 heterocycles. The van der Waals surface area contributed by atoms with Gasteiger partial charge in [-0.25, -0.2) is 0 Å². The van der Waals surface area contributed by atoms with E-state index in [9.17, 15) is 9.59 Å². The molecule has 3 rings (SSSR count). The first-order valence-corrected chi connectivity index (χ1v) is 9.90. The largest absolute Gasteiger partial charge is 0.368 e. The summed E-state index contributed by atoms with van der Waals surface area (Å²) in [6, 6.07) is 14.0. The van der Waals surface area contributed by atoms with Gasteiger partial charge in [0.25, 0.3) is 0 Å². The first-order chi connectivity index (χ1) is 13.4. The highest BCUT2D eigenvalue weighted by molar-refractivity contribution is 5.90. The third kappa shape index (κ3) is 5.20. The summed E-state index contributed by atoms with van der Waals surface area (Å²) in [4.78, 5) is 26.1. The van der Waals surface area contributed by atoms with Gasteiger partial charge in [-0.2, -0.15) is 0 Å². The minimum atomic E-state index is -0.256. The topological polar surface area (TPSA) is 75.4 Å². The molecule has 0 spiro atoms. The number of carbonyl (C=O) groups is 2. The second-order valence-electron chi connectivity index (χ2n) is 7.71. The van der Waals surface area contributed by atoms with Gasteiger partial charge < -0.3 is 11.1 Å². The van der Waals surface area contributed by atoms with E-state index in [0.717, 1.165) is 37.1 Å². The van der Waals surface area contributed by atoms with Crippen LogP contribution in [0.25, 0.3) is 0 Å². The number of anilines is 1. The van der Waals surface area contributed by atoms with Crippen molar-refractivity contribution in [1.82, 2.24) is 4.90 Å². The quantitative estimate of drug-likeness (QED) is 0.775. The van der Waals surface area contributed by atoms with Gasteiger partial charge in [-0.05, 0) is 68.5 Å². The number of amides is 2. The maximum Gasteiger partial charge on any atom is 0.234 e. The van der Waals surface area contributed by atoms with Crippen LogP contribution in [-0.2, 0) is 22.6 Å². The van der Waals surface area contributed by atoms with E-state index in [4.69, 9.17) is 5.73 Å². The molecule has 5 heteroatoms. The highest BCUT2D eigenvalue weighted by Crippen LogP contribution is 2.21.